The van der Waals surface area contributed by atoms with Crippen molar-refractivity contribution in [3.63, 3.8) is 0 Å². The van der Waals surface area contributed by atoms with E-state index in [2.05, 4.69) is 5.10 Å². The maximum atomic E-state index is 12.6. The molecule has 2 aromatic rings. The fraction of sp³-hybridized carbons (Fsp3) is 0.333. The second-order valence-electron chi connectivity index (χ2n) is 5.01. The molecular weight excluding hydrogens is 260 g/mol. The third kappa shape index (κ3) is 2.56. The molecule has 0 saturated heterocycles. The van der Waals surface area contributed by atoms with Gasteiger partial charge in [0, 0.05) is 11.6 Å². The third-order valence-electron chi connectivity index (χ3n) is 3.22. The van der Waals surface area contributed by atoms with Gasteiger partial charge in [0.05, 0.1) is 11.2 Å². The van der Waals surface area contributed by atoms with Crippen molar-refractivity contribution in [3.05, 3.63) is 51.8 Å². The molecule has 0 aliphatic rings. The summed E-state index contributed by atoms with van der Waals surface area (Å²) in [4.78, 5) is 12.6. The van der Waals surface area contributed by atoms with Crippen LogP contribution in [0.15, 0.2) is 24.4 Å². The molecule has 19 heavy (non-hydrogen) atoms. The molecule has 0 aliphatic heterocycles. The van der Waals surface area contributed by atoms with Crippen molar-refractivity contribution in [2.45, 2.75) is 33.7 Å². The fourth-order valence-corrected chi connectivity index (χ4v) is 2.18. The van der Waals surface area contributed by atoms with Crippen molar-refractivity contribution in [1.82, 2.24) is 9.78 Å². The van der Waals surface area contributed by atoms with Crippen LogP contribution in [0, 0.1) is 13.8 Å². The van der Waals surface area contributed by atoms with E-state index in [0.29, 0.717) is 16.3 Å². The van der Waals surface area contributed by atoms with Crippen LogP contribution in [0.4, 0.5) is 0 Å². The molecule has 1 aromatic heterocycles. The molecule has 2 rings (SSSR count). The minimum atomic E-state index is -0.0840. The number of aromatic nitrogens is 2. The van der Waals surface area contributed by atoms with E-state index in [-0.39, 0.29) is 11.8 Å². The number of rotatable bonds is 3. The van der Waals surface area contributed by atoms with Gasteiger partial charge in [0.25, 0.3) is 0 Å². The van der Waals surface area contributed by atoms with Crippen molar-refractivity contribution >= 4 is 17.4 Å². The first kappa shape index (κ1) is 13.8. The quantitative estimate of drug-likeness (QED) is 0.795. The Morgan fingerprint density at radius 1 is 1.26 bits per heavy atom. The van der Waals surface area contributed by atoms with Crippen LogP contribution >= 0.6 is 11.6 Å². The number of nitrogens with zero attached hydrogens (tertiary/aromatic N) is 2. The van der Waals surface area contributed by atoms with Crippen molar-refractivity contribution < 1.29 is 4.79 Å². The second kappa shape index (κ2) is 5.17. The predicted octanol–water partition coefficient (Wildman–Crippen LogP) is 3.97. The first-order chi connectivity index (χ1) is 8.91. The van der Waals surface area contributed by atoms with Crippen LogP contribution in [0.5, 0.6) is 0 Å². The molecule has 1 heterocycles. The summed E-state index contributed by atoms with van der Waals surface area (Å²) in [6, 6.07) is 5.77. The maximum absolute atomic E-state index is 12.6. The van der Waals surface area contributed by atoms with Crippen molar-refractivity contribution in [1.29, 1.82) is 0 Å². The van der Waals surface area contributed by atoms with Crippen molar-refractivity contribution in [2.75, 3.05) is 0 Å². The number of halogens is 1. The summed E-state index contributed by atoms with van der Waals surface area (Å²) in [6.07, 6.45) is 1.52. The van der Waals surface area contributed by atoms with Crippen molar-refractivity contribution in [2.24, 2.45) is 0 Å². The zero-order chi connectivity index (χ0) is 14.2. The van der Waals surface area contributed by atoms with Gasteiger partial charge in [0.2, 0.25) is 5.78 Å². The number of carbonyl (C=O) groups excluding carboxylic acids is 1. The number of benzene rings is 1. The van der Waals surface area contributed by atoms with Crippen LogP contribution in [0.1, 0.15) is 47.1 Å². The molecule has 100 valence electrons. The predicted molar refractivity (Wildman–Crippen MR) is 77.0 cm³/mol. The topological polar surface area (TPSA) is 34.9 Å². The van der Waals surface area contributed by atoms with Crippen LogP contribution in [0.3, 0.4) is 0 Å². The van der Waals surface area contributed by atoms with Crippen LogP contribution in [0.2, 0.25) is 5.02 Å². The number of ketones is 1. The van der Waals surface area contributed by atoms with Gasteiger partial charge in [0.1, 0.15) is 5.69 Å². The number of aryl methyl sites for hydroxylation is 2. The lowest BCUT2D eigenvalue weighted by atomic mass is 10.0. The Bertz CT molecular complexity index is 629. The summed E-state index contributed by atoms with van der Waals surface area (Å²) in [5.41, 5.74) is 3.37. The first-order valence-corrected chi connectivity index (χ1v) is 6.64. The summed E-state index contributed by atoms with van der Waals surface area (Å²) in [5, 5.41) is 4.57. The van der Waals surface area contributed by atoms with Crippen LogP contribution in [-0.2, 0) is 0 Å². The van der Waals surface area contributed by atoms with Gasteiger partial charge < -0.3 is 0 Å². The normalized spacial score (nSPS) is 11.1. The van der Waals surface area contributed by atoms with Gasteiger partial charge in [-0.3, -0.25) is 9.48 Å². The van der Waals surface area contributed by atoms with E-state index < -0.39 is 0 Å². The highest BCUT2D eigenvalue weighted by atomic mass is 35.5. The molecule has 0 bridgehead atoms. The van der Waals surface area contributed by atoms with E-state index in [1.165, 1.54) is 11.8 Å². The summed E-state index contributed by atoms with van der Waals surface area (Å²) >= 11 is 6.10. The molecule has 0 amide bonds. The highest BCUT2D eigenvalue weighted by Crippen LogP contribution is 2.23. The highest BCUT2D eigenvalue weighted by Gasteiger charge is 2.20. The summed E-state index contributed by atoms with van der Waals surface area (Å²) < 4.78 is 1.67. The zero-order valence-corrected chi connectivity index (χ0v) is 12.3. The van der Waals surface area contributed by atoms with Gasteiger partial charge in [-0.25, -0.2) is 0 Å². The first-order valence-electron chi connectivity index (χ1n) is 6.26. The molecule has 0 aliphatic carbocycles. The van der Waals surface area contributed by atoms with Crippen LogP contribution < -0.4 is 0 Å². The van der Waals surface area contributed by atoms with E-state index in [1.54, 1.807) is 4.68 Å². The van der Waals surface area contributed by atoms with Gasteiger partial charge in [0.15, 0.2) is 0 Å². The van der Waals surface area contributed by atoms with E-state index in [1.807, 2.05) is 45.9 Å². The van der Waals surface area contributed by atoms with E-state index in [9.17, 15) is 4.79 Å². The number of carbonyl (C=O) groups is 1. The molecule has 0 fully saturated rings. The van der Waals surface area contributed by atoms with Gasteiger partial charge in [-0.05, 0) is 44.9 Å². The Morgan fingerprint density at radius 2 is 1.95 bits per heavy atom. The fourth-order valence-electron chi connectivity index (χ4n) is 1.96. The van der Waals surface area contributed by atoms with Crippen molar-refractivity contribution in [3.8, 4) is 0 Å². The number of hydrogen-bond donors (Lipinski definition) is 0. The Balaban J connectivity index is 2.49. The highest BCUT2D eigenvalue weighted by molar-refractivity contribution is 6.34. The Kier molecular flexibility index (Phi) is 3.76. The average molecular weight is 277 g/mol. The molecule has 0 atom stereocenters. The standard InChI is InChI=1S/C15H17ClN2O/c1-9(2)18-14(13(16)8-17-18)15(19)12-6-5-10(3)11(4)7-12/h5-9H,1-4H3. The zero-order valence-electron chi connectivity index (χ0n) is 11.6. The summed E-state index contributed by atoms with van der Waals surface area (Å²) in [7, 11) is 0. The smallest absolute Gasteiger partial charge is 0.212 e. The SMILES string of the molecule is Cc1ccc(C(=O)c2c(Cl)cnn2C(C)C)cc1C. The summed E-state index contributed by atoms with van der Waals surface area (Å²) in [5.74, 6) is -0.0840. The average Bonchev–Trinajstić information content (AvgIpc) is 2.74. The monoisotopic (exact) mass is 276 g/mol. The lowest BCUT2D eigenvalue weighted by Crippen LogP contribution is -2.14. The maximum Gasteiger partial charge on any atom is 0.212 e. The molecule has 0 saturated carbocycles. The van der Waals surface area contributed by atoms with Crippen LogP contribution in [0.25, 0.3) is 0 Å². The second-order valence-corrected chi connectivity index (χ2v) is 5.41. The number of hydrogen-bond acceptors (Lipinski definition) is 2. The Morgan fingerprint density at radius 3 is 2.53 bits per heavy atom. The molecule has 0 spiro atoms. The Hall–Kier alpha value is -1.61. The Labute approximate surface area is 118 Å². The molecular formula is C15H17ClN2O. The molecule has 4 heteroatoms. The third-order valence-corrected chi connectivity index (χ3v) is 3.50. The molecule has 0 N–H and O–H groups in total. The van der Waals surface area contributed by atoms with E-state index >= 15 is 0 Å². The summed E-state index contributed by atoms with van der Waals surface area (Å²) in [6.45, 7) is 7.96. The molecule has 0 radical (unpaired) electrons. The minimum absolute atomic E-state index is 0.0840. The van der Waals surface area contributed by atoms with Crippen LogP contribution in [-0.4, -0.2) is 15.6 Å². The lowest BCUT2D eigenvalue weighted by molar-refractivity contribution is 0.102. The minimum Gasteiger partial charge on any atom is -0.287 e. The van der Waals surface area contributed by atoms with Gasteiger partial charge in [-0.1, -0.05) is 23.7 Å². The van der Waals surface area contributed by atoms with Gasteiger partial charge in [-0.15, -0.1) is 0 Å². The largest absolute Gasteiger partial charge is 0.287 e. The molecule has 0 unspecified atom stereocenters. The molecule has 3 nitrogen and oxygen atoms in total. The van der Waals surface area contributed by atoms with E-state index in [0.717, 1.165) is 5.56 Å². The van der Waals surface area contributed by atoms with Gasteiger partial charge >= 0.3 is 0 Å². The van der Waals surface area contributed by atoms with E-state index in [4.69, 9.17) is 11.6 Å². The van der Waals surface area contributed by atoms with Gasteiger partial charge in [-0.2, -0.15) is 5.10 Å². The lowest BCUT2D eigenvalue weighted by Gasteiger charge is -2.11. The molecule has 1 aromatic carbocycles.